The molecular weight excluding hydrogens is 244 g/mol. The molecule has 0 radical (unpaired) electrons. The van der Waals surface area contributed by atoms with E-state index >= 15 is 0 Å². The van der Waals surface area contributed by atoms with Crippen molar-refractivity contribution in [3.8, 4) is 0 Å². The molecule has 1 heterocycles. The molecule has 0 unspecified atom stereocenters. The number of aliphatic hydroxyl groups is 1. The highest BCUT2D eigenvalue weighted by Crippen LogP contribution is 2.13. The summed E-state index contributed by atoms with van der Waals surface area (Å²) in [4.78, 5) is 0. The second-order valence-electron chi connectivity index (χ2n) is 4.99. The van der Waals surface area contributed by atoms with E-state index in [2.05, 4.69) is 24.7 Å². The van der Waals surface area contributed by atoms with Gasteiger partial charge in [0.2, 0.25) is 0 Å². The van der Waals surface area contributed by atoms with Gasteiger partial charge in [0, 0.05) is 26.4 Å². The van der Waals surface area contributed by atoms with Gasteiger partial charge in [-0.1, -0.05) is 31.2 Å². The Labute approximate surface area is 102 Å². The normalized spacial score (nSPS) is 12.1. The predicted octanol–water partition coefficient (Wildman–Crippen LogP) is 2.34. The molecule has 0 aliphatic carbocycles. The van der Waals surface area contributed by atoms with E-state index in [-0.39, 0.29) is 6.61 Å². The Balaban J connectivity index is 2.32. The molecule has 0 spiro atoms. The predicted molar refractivity (Wildman–Crippen MR) is 67.3 cm³/mol. The Morgan fingerprint density at radius 3 is 2.69 bits per heavy atom. The van der Waals surface area contributed by atoms with Crippen molar-refractivity contribution < 1.29 is 9.84 Å². The highest BCUT2D eigenvalue weighted by molar-refractivity contribution is 6.76. The molecule has 0 aliphatic rings. The van der Waals surface area contributed by atoms with Gasteiger partial charge in [0.25, 0.3) is 0 Å². The number of hydrogen-bond acceptors (Lipinski definition) is 3. The number of nitrogens with zero attached hydrogens (tertiary/aromatic N) is 2. The van der Waals surface area contributed by atoms with Crippen molar-refractivity contribution in [2.24, 2.45) is 0 Å². The Bertz CT molecular complexity index is 336. The van der Waals surface area contributed by atoms with Gasteiger partial charge < -0.3 is 9.84 Å². The van der Waals surface area contributed by atoms with Crippen LogP contribution in [0.1, 0.15) is 5.56 Å². The first-order chi connectivity index (χ1) is 7.42. The van der Waals surface area contributed by atoms with Crippen LogP contribution in [-0.2, 0) is 18.1 Å². The van der Waals surface area contributed by atoms with Gasteiger partial charge >= 0.3 is 0 Å². The molecule has 1 aromatic rings. The summed E-state index contributed by atoms with van der Waals surface area (Å²) in [5, 5.41) is 13.3. The van der Waals surface area contributed by atoms with Crippen LogP contribution in [0.5, 0.6) is 0 Å². The SMILES string of the molecule is C[Si](C)(C)CCOCn1cc(CO)c(Cl)n1. The molecule has 6 heteroatoms. The van der Waals surface area contributed by atoms with E-state index in [9.17, 15) is 0 Å². The maximum atomic E-state index is 8.94. The van der Waals surface area contributed by atoms with E-state index in [1.54, 1.807) is 10.9 Å². The van der Waals surface area contributed by atoms with Gasteiger partial charge in [0.1, 0.15) is 6.73 Å². The van der Waals surface area contributed by atoms with Gasteiger partial charge in [-0.3, -0.25) is 0 Å². The summed E-state index contributed by atoms with van der Waals surface area (Å²) in [6.07, 6.45) is 1.71. The zero-order valence-electron chi connectivity index (χ0n) is 10.0. The molecular formula is C10H19ClN2O2Si. The lowest BCUT2D eigenvalue weighted by atomic mass is 10.4. The molecule has 0 fully saturated rings. The average Bonchev–Trinajstić information content (AvgIpc) is 2.52. The maximum absolute atomic E-state index is 8.94. The first-order valence-corrected chi connectivity index (χ1v) is 9.41. The number of hydrogen-bond donors (Lipinski definition) is 1. The standard InChI is InChI=1S/C10H19ClN2O2Si/c1-16(2,3)5-4-15-8-13-6-9(7-14)10(11)12-13/h6,14H,4-5,7-8H2,1-3H3. The van der Waals surface area contributed by atoms with E-state index in [0.717, 1.165) is 12.7 Å². The van der Waals surface area contributed by atoms with Crippen LogP contribution < -0.4 is 0 Å². The Morgan fingerprint density at radius 1 is 1.50 bits per heavy atom. The molecule has 16 heavy (non-hydrogen) atoms. The zero-order valence-corrected chi connectivity index (χ0v) is 11.8. The summed E-state index contributed by atoms with van der Waals surface area (Å²) in [6, 6.07) is 1.13. The quantitative estimate of drug-likeness (QED) is 0.632. The lowest BCUT2D eigenvalue weighted by Crippen LogP contribution is -2.22. The first-order valence-electron chi connectivity index (χ1n) is 5.33. The monoisotopic (exact) mass is 262 g/mol. The van der Waals surface area contributed by atoms with Crippen molar-refractivity contribution in [3.05, 3.63) is 16.9 Å². The third kappa shape index (κ3) is 4.65. The molecule has 92 valence electrons. The molecule has 0 atom stereocenters. The lowest BCUT2D eigenvalue weighted by molar-refractivity contribution is 0.0785. The summed E-state index contributed by atoms with van der Waals surface area (Å²) in [5.41, 5.74) is 0.635. The fourth-order valence-corrected chi connectivity index (χ4v) is 2.11. The fraction of sp³-hybridized carbons (Fsp3) is 0.700. The third-order valence-electron chi connectivity index (χ3n) is 2.18. The maximum Gasteiger partial charge on any atom is 0.156 e. The second-order valence-corrected chi connectivity index (χ2v) is 11.0. The number of aromatic nitrogens is 2. The van der Waals surface area contributed by atoms with E-state index in [1.807, 2.05) is 0 Å². The van der Waals surface area contributed by atoms with Crippen molar-refractivity contribution in [3.63, 3.8) is 0 Å². The van der Waals surface area contributed by atoms with Gasteiger partial charge in [-0.25, -0.2) is 4.68 Å². The number of halogens is 1. The van der Waals surface area contributed by atoms with Crippen LogP contribution >= 0.6 is 11.6 Å². The highest BCUT2D eigenvalue weighted by Gasteiger charge is 2.12. The molecule has 0 aliphatic heterocycles. The summed E-state index contributed by atoms with van der Waals surface area (Å²) in [6.45, 7) is 7.99. The van der Waals surface area contributed by atoms with Crippen molar-refractivity contribution >= 4 is 19.7 Å². The lowest BCUT2D eigenvalue weighted by Gasteiger charge is -2.15. The number of rotatable bonds is 6. The van der Waals surface area contributed by atoms with Crippen LogP contribution in [0.3, 0.4) is 0 Å². The van der Waals surface area contributed by atoms with Crippen molar-refractivity contribution in [1.29, 1.82) is 0 Å². The molecule has 0 bridgehead atoms. The van der Waals surface area contributed by atoms with E-state index in [0.29, 0.717) is 17.4 Å². The van der Waals surface area contributed by atoms with Gasteiger partial charge in [0.15, 0.2) is 5.15 Å². The molecule has 0 saturated heterocycles. The van der Waals surface area contributed by atoms with Crippen molar-refractivity contribution in [1.82, 2.24) is 9.78 Å². The minimum absolute atomic E-state index is 0.0895. The minimum atomic E-state index is -1.03. The first kappa shape index (κ1) is 13.7. The van der Waals surface area contributed by atoms with E-state index in [4.69, 9.17) is 21.4 Å². The van der Waals surface area contributed by atoms with Gasteiger partial charge in [0.05, 0.1) is 6.61 Å². The van der Waals surface area contributed by atoms with Crippen LogP contribution in [0, 0.1) is 0 Å². The molecule has 0 aromatic carbocycles. The third-order valence-corrected chi connectivity index (χ3v) is 4.20. The van der Waals surface area contributed by atoms with E-state index < -0.39 is 8.07 Å². The smallest absolute Gasteiger partial charge is 0.156 e. The number of aliphatic hydroxyl groups excluding tert-OH is 1. The van der Waals surface area contributed by atoms with Gasteiger partial charge in [-0.15, -0.1) is 0 Å². The molecule has 0 amide bonds. The summed E-state index contributed by atoms with van der Waals surface area (Å²) in [5.74, 6) is 0. The minimum Gasteiger partial charge on any atom is -0.392 e. The van der Waals surface area contributed by atoms with E-state index in [1.165, 1.54) is 0 Å². The molecule has 1 N–H and O–H groups in total. The zero-order chi connectivity index (χ0) is 12.2. The average molecular weight is 263 g/mol. The van der Waals surface area contributed by atoms with Gasteiger partial charge in [-0.2, -0.15) is 5.10 Å². The Kier molecular flexibility index (Phi) is 4.98. The second kappa shape index (κ2) is 5.81. The summed E-state index contributed by atoms with van der Waals surface area (Å²) < 4.78 is 7.11. The fourth-order valence-electron chi connectivity index (χ4n) is 1.15. The topological polar surface area (TPSA) is 47.3 Å². The Hall–Kier alpha value is -0.363. The van der Waals surface area contributed by atoms with Gasteiger partial charge in [-0.05, 0) is 6.04 Å². The number of ether oxygens (including phenoxy) is 1. The Morgan fingerprint density at radius 2 is 2.19 bits per heavy atom. The van der Waals surface area contributed by atoms with Crippen LogP contribution in [0.15, 0.2) is 6.20 Å². The largest absolute Gasteiger partial charge is 0.392 e. The van der Waals surface area contributed by atoms with Crippen LogP contribution in [0.25, 0.3) is 0 Å². The summed E-state index contributed by atoms with van der Waals surface area (Å²) in [7, 11) is -1.03. The molecule has 1 aromatic heterocycles. The molecule has 1 rings (SSSR count). The van der Waals surface area contributed by atoms with Crippen LogP contribution in [0.4, 0.5) is 0 Å². The molecule has 4 nitrogen and oxygen atoms in total. The summed E-state index contributed by atoms with van der Waals surface area (Å²) >= 11 is 5.79. The van der Waals surface area contributed by atoms with Crippen LogP contribution in [0.2, 0.25) is 30.8 Å². The molecule has 0 saturated carbocycles. The van der Waals surface area contributed by atoms with Crippen LogP contribution in [-0.4, -0.2) is 29.6 Å². The van der Waals surface area contributed by atoms with Crippen molar-refractivity contribution in [2.45, 2.75) is 39.0 Å². The van der Waals surface area contributed by atoms with Crippen molar-refractivity contribution in [2.75, 3.05) is 6.61 Å². The highest BCUT2D eigenvalue weighted by atomic mass is 35.5.